The van der Waals surface area contributed by atoms with E-state index in [1.54, 1.807) is 0 Å². The molecule has 0 saturated carbocycles. The Morgan fingerprint density at radius 1 is 1.42 bits per heavy atom. The molecule has 0 aliphatic rings. The van der Waals surface area contributed by atoms with Crippen molar-refractivity contribution in [1.29, 1.82) is 0 Å². The van der Waals surface area contributed by atoms with E-state index < -0.39 is 12.0 Å². The van der Waals surface area contributed by atoms with Gasteiger partial charge in [0.1, 0.15) is 6.04 Å². The molecule has 0 aliphatic heterocycles. The molecule has 1 atom stereocenters. The predicted molar refractivity (Wildman–Crippen MR) is 47.7 cm³/mol. The van der Waals surface area contributed by atoms with Crippen LogP contribution < -0.4 is 5.73 Å². The van der Waals surface area contributed by atoms with Crippen molar-refractivity contribution in [3.05, 3.63) is 0 Å². The van der Waals surface area contributed by atoms with Gasteiger partial charge in [0.15, 0.2) is 5.78 Å². The number of Topliss-reactive ketones (excluding diaryl/α,β-unsaturated/α-hetero) is 1. The maximum atomic E-state index is 9.92. The molecule has 0 bridgehead atoms. The molecular formula is C6H11Cl2NO3. The van der Waals surface area contributed by atoms with Crippen molar-refractivity contribution in [3.63, 3.8) is 0 Å². The number of carbonyl (C=O) groups is 2. The van der Waals surface area contributed by atoms with E-state index in [0.29, 0.717) is 0 Å². The number of halogens is 2. The summed E-state index contributed by atoms with van der Waals surface area (Å²) in [5, 5.41) is 7.87. The maximum Gasteiger partial charge on any atom is 0.320 e. The number of hydrogen-bond donors (Lipinski definition) is 2. The van der Waals surface area contributed by atoms with E-state index in [1.165, 1.54) is 6.92 Å². The highest BCUT2D eigenvalue weighted by atomic mass is 35.5. The van der Waals surface area contributed by atoms with E-state index in [-0.39, 0.29) is 17.5 Å². The van der Waals surface area contributed by atoms with Crippen LogP contribution in [0.2, 0.25) is 0 Å². The van der Waals surface area contributed by atoms with Gasteiger partial charge in [-0.25, -0.2) is 0 Å². The van der Waals surface area contributed by atoms with Crippen molar-refractivity contribution in [2.75, 3.05) is 11.8 Å². The second-order valence-corrected chi connectivity index (χ2v) is 2.47. The van der Waals surface area contributed by atoms with E-state index in [2.05, 4.69) is 0 Å². The van der Waals surface area contributed by atoms with Gasteiger partial charge in [0.2, 0.25) is 0 Å². The van der Waals surface area contributed by atoms with Crippen LogP contribution in [0.3, 0.4) is 0 Å². The minimum atomic E-state index is -0.963. The third-order valence-corrected chi connectivity index (χ3v) is 1.28. The van der Waals surface area contributed by atoms with Gasteiger partial charge in [0.05, 0.1) is 11.8 Å². The van der Waals surface area contributed by atoms with Gasteiger partial charge in [0.25, 0.3) is 0 Å². The zero-order valence-electron chi connectivity index (χ0n) is 6.59. The van der Waals surface area contributed by atoms with Crippen LogP contribution in [0, 0.1) is 0 Å². The number of carboxylic acid groups (broad SMARTS) is 1. The van der Waals surface area contributed by atoms with Crippen LogP contribution in [-0.4, -0.2) is 34.7 Å². The highest BCUT2D eigenvalue weighted by Crippen LogP contribution is 1.80. The average Bonchev–Trinajstić information content (AvgIpc) is 2.04. The van der Waals surface area contributed by atoms with Crippen LogP contribution in [0.1, 0.15) is 6.92 Å². The zero-order chi connectivity index (χ0) is 10.1. The fourth-order valence-electron chi connectivity index (χ4n) is 0.0357. The lowest BCUT2D eigenvalue weighted by Crippen LogP contribution is -2.25. The number of carboxylic acids is 1. The Kier molecular flexibility index (Phi) is 10.4. The molecule has 6 heteroatoms. The van der Waals surface area contributed by atoms with Crippen LogP contribution in [0.4, 0.5) is 0 Å². The van der Waals surface area contributed by atoms with Crippen LogP contribution in [0.25, 0.3) is 0 Å². The summed E-state index contributed by atoms with van der Waals surface area (Å²) in [6.45, 7) is 1.42. The SMILES string of the molecule is CC(N)C(=O)O.O=C(CCl)CCl. The second-order valence-electron chi connectivity index (χ2n) is 1.93. The van der Waals surface area contributed by atoms with E-state index in [4.69, 9.17) is 34.0 Å². The van der Waals surface area contributed by atoms with Gasteiger partial charge in [-0.05, 0) is 6.92 Å². The van der Waals surface area contributed by atoms with Crippen LogP contribution in [0.15, 0.2) is 0 Å². The Hall–Kier alpha value is -0.320. The molecule has 1 unspecified atom stereocenters. The van der Waals surface area contributed by atoms with Crippen molar-refractivity contribution >= 4 is 35.0 Å². The molecule has 0 saturated heterocycles. The van der Waals surface area contributed by atoms with Crippen molar-refractivity contribution in [3.8, 4) is 0 Å². The van der Waals surface area contributed by atoms with Gasteiger partial charge in [-0.2, -0.15) is 0 Å². The lowest BCUT2D eigenvalue weighted by atomic mass is 10.4. The monoisotopic (exact) mass is 215 g/mol. The van der Waals surface area contributed by atoms with E-state index >= 15 is 0 Å². The first kappa shape index (κ1) is 14.2. The van der Waals surface area contributed by atoms with Crippen LogP contribution in [-0.2, 0) is 9.59 Å². The number of hydrogen-bond acceptors (Lipinski definition) is 3. The largest absolute Gasteiger partial charge is 0.480 e. The Labute approximate surface area is 80.6 Å². The molecule has 0 aromatic rings. The molecule has 0 aromatic carbocycles. The Morgan fingerprint density at radius 3 is 1.67 bits per heavy atom. The third-order valence-electron chi connectivity index (χ3n) is 0.688. The molecule has 0 aromatic heterocycles. The number of alkyl halides is 2. The molecule has 0 rings (SSSR count). The van der Waals surface area contributed by atoms with Crippen molar-refractivity contribution in [2.45, 2.75) is 13.0 Å². The third kappa shape index (κ3) is 12.4. The smallest absolute Gasteiger partial charge is 0.320 e. The van der Waals surface area contributed by atoms with Gasteiger partial charge in [-0.3, -0.25) is 9.59 Å². The van der Waals surface area contributed by atoms with Gasteiger partial charge in [-0.1, -0.05) is 0 Å². The first-order valence-corrected chi connectivity index (χ1v) is 4.14. The van der Waals surface area contributed by atoms with Gasteiger partial charge in [-0.15, -0.1) is 23.2 Å². The average molecular weight is 216 g/mol. The normalized spacial score (nSPS) is 11.0. The quantitative estimate of drug-likeness (QED) is 0.671. The van der Waals surface area contributed by atoms with E-state index in [9.17, 15) is 9.59 Å². The van der Waals surface area contributed by atoms with Crippen molar-refractivity contribution in [2.24, 2.45) is 5.73 Å². The number of rotatable bonds is 3. The molecule has 0 spiro atoms. The van der Waals surface area contributed by atoms with Crippen molar-refractivity contribution in [1.82, 2.24) is 0 Å². The Morgan fingerprint density at radius 2 is 1.67 bits per heavy atom. The summed E-state index contributed by atoms with van der Waals surface area (Å²) >= 11 is 10.0. The molecule has 0 radical (unpaired) electrons. The highest BCUT2D eigenvalue weighted by molar-refractivity contribution is 6.35. The molecule has 72 valence electrons. The Bertz CT molecular complexity index is 142. The summed E-state index contributed by atoms with van der Waals surface area (Å²) in [6.07, 6.45) is 0. The molecule has 0 amide bonds. The first-order chi connectivity index (χ1) is 5.45. The topological polar surface area (TPSA) is 80.4 Å². The minimum absolute atomic E-state index is 0.0312. The molecular weight excluding hydrogens is 205 g/mol. The van der Waals surface area contributed by atoms with Crippen LogP contribution >= 0.6 is 23.2 Å². The Balaban J connectivity index is 0. The molecule has 0 aliphatic carbocycles. The minimum Gasteiger partial charge on any atom is -0.480 e. The standard InChI is InChI=1S/C3H4Cl2O.C3H7NO2/c4-1-3(6)2-5;1-2(4)3(5)6/h1-2H2;2H,4H2,1H3,(H,5,6). The number of aliphatic carboxylic acids is 1. The molecule has 4 nitrogen and oxygen atoms in total. The van der Waals surface area contributed by atoms with E-state index in [1.807, 2.05) is 0 Å². The van der Waals surface area contributed by atoms with E-state index in [0.717, 1.165) is 0 Å². The highest BCUT2D eigenvalue weighted by Gasteiger charge is 1.99. The van der Waals surface area contributed by atoms with Gasteiger partial charge >= 0.3 is 5.97 Å². The summed E-state index contributed by atoms with van der Waals surface area (Å²) in [7, 11) is 0. The summed E-state index contributed by atoms with van der Waals surface area (Å²) in [4.78, 5) is 19.5. The lowest BCUT2D eigenvalue weighted by Gasteiger charge is -1.90. The lowest BCUT2D eigenvalue weighted by molar-refractivity contribution is -0.138. The molecule has 12 heavy (non-hydrogen) atoms. The molecule has 3 N–H and O–H groups in total. The fraction of sp³-hybridized carbons (Fsp3) is 0.667. The second kappa shape index (κ2) is 8.77. The van der Waals surface area contributed by atoms with Crippen molar-refractivity contribution < 1.29 is 14.7 Å². The predicted octanol–water partition coefficient (Wildman–Crippen LogP) is 0.451. The van der Waals surface area contributed by atoms with Gasteiger partial charge < -0.3 is 10.8 Å². The summed E-state index contributed by atoms with van der Waals surface area (Å²) in [5.74, 6) is -1.03. The summed E-state index contributed by atoms with van der Waals surface area (Å²) in [6, 6.07) is -0.731. The summed E-state index contributed by atoms with van der Waals surface area (Å²) in [5.41, 5.74) is 4.84. The molecule has 0 fully saturated rings. The molecule has 0 heterocycles. The fourth-order valence-corrected chi connectivity index (χ4v) is 0.321. The number of carbonyl (C=O) groups excluding carboxylic acids is 1. The summed E-state index contributed by atoms with van der Waals surface area (Å²) < 4.78 is 0. The van der Waals surface area contributed by atoms with Gasteiger partial charge in [0, 0.05) is 0 Å². The first-order valence-electron chi connectivity index (χ1n) is 3.07. The van der Waals surface area contributed by atoms with Crippen LogP contribution in [0.5, 0.6) is 0 Å². The number of nitrogens with two attached hydrogens (primary N) is 1. The maximum absolute atomic E-state index is 9.92. The number of ketones is 1. The zero-order valence-corrected chi connectivity index (χ0v) is 8.10.